The Balaban J connectivity index is 2.25. The smallest absolute Gasteiger partial charge is 0.346 e. The minimum Gasteiger partial charge on any atom is -0.477 e. The van der Waals surface area contributed by atoms with Gasteiger partial charge in [-0.15, -0.1) is 11.3 Å². The second-order valence-electron chi connectivity index (χ2n) is 3.46. The molecule has 5 nitrogen and oxygen atoms in total. The molecule has 0 aliphatic heterocycles. The van der Waals surface area contributed by atoms with Crippen LogP contribution in [0.15, 0.2) is 17.6 Å². The lowest BCUT2D eigenvalue weighted by atomic mass is 10.4. The number of aryl methyl sites for hydroxylation is 2. The van der Waals surface area contributed by atoms with E-state index in [9.17, 15) is 4.79 Å². The van der Waals surface area contributed by atoms with E-state index >= 15 is 0 Å². The summed E-state index contributed by atoms with van der Waals surface area (Å²) < 4.78 is 5.49. The van der Waals surface area contributed by atoms with E-state index in [2.05, 4.69) is 9.97 Å². The molecule has 6 heteroatoms. The molecule has 0 amide bonds. The van der Waals surface area contributed by atoms with Crippen LogP contribution in [0.3, 0.4) is 0 Å². The summed E-state index contributed by atoms with van der Waals surface area (Å²) in [5, 5.41) is 10.4. The van der Waals surface area contributed by atoms with Gasteiger partial charge in [0.15, 0.2) is 0 Å². The molecule has 0 unspecified atom stereocenters. The Kier molecular flexibility index (Phi) is 3.06. The first kappa shape index (κ1) is 11.5. The van der Waals surface area contributed by atoms with Crippen molar-refractivity contribution in [2.24, 2.45) is 0 Å². The molecule has 88 valence electrons. The monoisotopic (exact) mass is 250 g/mol. The maximum absolute atomic E-state index is 10.7. The number of carbonyl (C=O) groups is 1. The number of hydrogen-bond acceptors (Lipinski definition) is 5. The molecule has 2 aromatic rings. The van der Waals surface area contributed by atoms with Gasteiger partial charge in [0.05, 0.1) is 11.4 Å². The van der Waals surface area contributed by atoms with Crippen molar-refractivity contribution in [2.75, 3.05) is 0 Å². The summed E-state index contributed by atoms with van der Waals surface area (Å²) in [6.45, 7) is 3.60. The Labute approximate surface area is 102 Å². The molecule has 0 aliphatic carbocycles. The summed E-state index contributed by atoms with van der Waals surface area (Å²) in [7, 11) is 0. The predicted molar refractivity (Wildman–Crippen MR) is 62.9 cm³/mol. The highest BCUT2D eigenvalue weighted by molar-refractivity contribution is 7.12. The van der Waals surface area contributed by atoms with Crippen molar-refractivity contribution in [2.45, 2.75) is 13.8 Å². The van der Waals surface area contributed by atoms with E-state index in [-0.39, 0.29) is 4.88 Å². The van der Waals surface area contributed by atoms with Crippen LogP contribution in [0.5, 0.6) is 11.6 Å². The third-order valence-electron chi connectivity index (χ3n) is 2.03. The van der Waals surface area contributed by atoms with Crippen LogP contribution in [-0.2, 0) is 0 Å². The average Bonchev–Trinajstić information content (AvgIpc) is 2.72. The summed E-state index contributed by atoms with van der Waals surface area (Å²) >= 11 is 1.11. The molecule has 0 atom stereocenters. The molecule has 0 spiro atoms. The summed E-state index contributed by atoms with van der Waals surface area (Å²) in [5.41, 5.74) is 1.41. The first-order valence-electron chi connectivity index (χ1n) is 4.86. The molecule has 0 radical (unpaired) electrons. The quantitative estimate of drug-likeness (QED) is 0.906. The summed E-state index contributed by atoms with van der Waals surface area (Å²) in [5.74, 6) is -0.0907. The molecule has 1 N–H and O–H groups in total. The molecule has 0 aromatic carbocycles. The standard InChI is InChI=1S/C11H10N2O3S/c1-6-4-12-7(2)10(13-6)16-8-3-9(11(14)15)17-5-8/h3-5H,1-2H3,(H,14,15). The molecule has 0 saturated heterocycles. The highest BCUT2D eigenvalue weighted by atomic mass is 32.1. The van der Waals surface area contributed by atoms with Gasteiger partial charge in [-0.2, -0.15) is 0 Å². The van der Waals surface area contributed by atoms with Crippen LogP contribution >= 0.6 is 11.3 Å². The molecule has 0 saturated carbocycles. The lowest BCUT2D eigenvalue weighted by Crippen LogP contribution is -1.95. The molecule has 0 fully saturated rings. The fourth-order valence-electron chi connectivity index (χ4n) is 1.21. The van der Waals surface area contributed by atoms with Crippen molar-refractivity contribution in [1.82, 2.24) is 9.97 Å². The number of carboxylic acid groups (broad SMARTS) is 1. The predicted octanol–water partition coefficient (Wildman–Crippen LogP) is 2.65. The average molecular weight is 250 g/mol. The molecule has 2 aromatic heterocycles. The van der Waals surface area contributed by atoms with E-state index in [1.54, 1.807) is 18.5 Å². The van der Waals surface area contributed by atoms with Crippen molar-refractivity contribution < 1.29 is 14.6 Å². The minimum absolute atomic E-state index is 0.235. The van der Waals surface area contributed by atoms with Gasteiger partial charge in [-0.1, -0.05) is 0 Å². The Bertz CT molecular complexity index is 566. The lowest BCUT2D eigenvalue weighted by molar-refractivity contribution is 0.0702. The van der Waals surface area contributed by atoms with Crippen molar-refractivity contribution >= 4 is 17.3 Å². The summed E-state index contributed by atoms with van der Waals surface area (Å²) in [6.07, 6.45) is 1.65. The van der Waals surface area contributed by atoms with Crippen molar-refractivity contribution in [3.63, 3.8) is 0 Å². The molecular weight excluding hydrogens is 240 g/mol. The van der Waals surface area contributed by atoms with Crippen LogP contribution in [-0.4, -0.2) is 21.0 Å². The largest absolute Gasteiger partial charge is 0.477 e. The number of carboxylic acids is 1. The first-order chi connectivity index (χ1) is 8.06. The van der Waals surface area contributed by atoms with Gasteiger partial charge < -0.3 is 9.84 Å². The van der Waals surface area contributed by atoms with E-state index < -0.39 is 5.97 Å². The lowest BCUT2D eigenvalue weighted by Gasteiger charge is -2.05. The maximum Gasteiger partial charge on any atom is 0.346 e. The van der Waals surface area contributed by atoms with Crippen molar-refractivity contribution in [1.29, 1.82) is 0 Å². The number of aromatic carboxylic acids is 1. The first-order valence-corrected chi connectivity index (χ1v) is 5.74. The number of ether oxygens (including phenoxy) is 1. The Hall–Kier alpha value is -1.95. The van der Waals surface area contributed by atoms with Gasteiger partial charge in [0, 0.05) is 17.6 Å². The molecule has 0 aliphatic rings. The topological polar surface area (TPSA) is 72.3 Å². The fraction of sp³-hybridized carbons (Fsp3) is 0.182. The Morgan fingerprint density at radius 3 is 2.88 bits per heavy atom. The number of hydrogen-bond donors (Lipinski definition) is 1. The van der Waals surface area contributed by atoms with Crippen LogP contribution in [0.25, 0.3) is 0 Å². The van der Waals surface area contributed by atoms with Gasteiger partial charge in [-0.25, -0.2) is 9.78 Å². The summed E-state index contributed by atoms with van der Waals surface area (Å²) in [6, 6.07) is 1.47. The van der Waals surface area contributed by atoms with E-state index in [1.807, 2.05) is 6.92 Å². The van der Waals surface area contributed by atoms with Crippen molar-refractivity contribution in [3.8, 4) is 11.6 Å². The Morgan fingerprint density at radius 1 is 1.47 bits per heavy atom. The van der Waals surface area contributed by atoms with Crippen LogP contribution in [0.1, 0.15) is 21.1 Å². The number of rotatable bonds is 3. The third-order valence-corrected chi connectivity index (χ3v) is 2.93. The van der Waals surface area contributed by atoms with Crippen LogP contribution in [0.2, 0.25) is 0 Å². The minimum atomic E-state index is -0.961. The maximum atomic E-state index is 10.7. The van der Waals surface area contributed by atoms with Gasteiger partial charge in [0.25, 0.3) is 0 Å². The van der Waals surface area contributed by atoms with E-state index in [4.69, 9.17) is 9.84 Å². The van der Waals surface area contributed by atoms with Gasteiger partial charge in [0.2, 0.25) is 5.88 Å². The van der Waals surface area contributed by atoms with E-state index in [0.29, 0.717) is 17.3 Å². The molecule has 0 bridgehead atoms. The highest BCUT2D eigenvalue weighted by Crippen LogP contribution is 2.27. The zero-order chi connectivity index (χ0) is 12.4. The van der Waals surface area contributed by atoms with Crippen LogP contribution in [0, 0.1) is 13.8 Å². The SMILES string of the molecule is Cc1cnc(C)c(Oc2csc(C(=O)O)c2)n1. The second-order valence-corrected chi connectivity index (χ2v) is 4.37. The zero-order valence-electron chi connectivity index (χ0n) is 9.30. The van der Waals surface area contributed by atoms with E-state index in [1.165, 1.54) is 6.07 Å². The highest BCUT2D eigenvalue weighted by Gasteiger charge is 2.10. The number of aromatic nitrogens is 2. The fourth-order valence-corrected chi connectivity index (χ4v) is 1.85. The number of nitrogens with zero attached hydrogens (tertiary/aromatic N) is 2. The number of thiophene rings is 1. The van der Waals surface area contributed by atoms with Gasteiger partial charge >= 0.3 is 5.97 Å². The normalized spacial score (nSPS) is 10.2. The molecule has 2 heterocycles. The van der Waals surface area contributed by atoms with Gasteiger partial charge in [-0.05, 0) is 13.8 Å². The van der Waals surface area contributed by atoms with E-state index in [0.717, 1.165) is 17.0 Å². The van der Waals surface area contributed by atoms with Crippen LogP contribution in [0.4, 0.5) is 0 Å². The third kappa shape index (κ3) is 2.59. The van der Waals surface area contributed by atoms with Gasteiger partial charge in [0.1, 0.15) is 10.6 Å². The Morgan fingerprint density at radius 2 is 2.24 bits per heavy atom. The van der Waals surface area contributed by atoms with Crippen LogP contribution < -0.4 is 4.74 Å². The molecular formula is C11H10N2O3S. The summed E-state index contributed by atoms with van der Waals surface area (Å²) in [4.78, 5) is 19.3. The van der Waals surface area contributed by atoms with Crippen molar-refractivity contribution in [3.05, 3.63) is 33.9 Å². The molecule has 17 heavy (non-hydrogen) atoms. The van der Waals surface area contributed by atoms with Gasteiger partial charge in [-0.3, -0.25) is 4.98 Å². The zero-order valence-corrected chi connectivity index (χ0v) is 10.1. The second kappa shape index (κ2) is 4.50. The molecule has 2 rings (SSSR count).